The molecule has 1 aliphatic carbocycles. The molecule has 1 aliphatic rings. The van der Waals surface area contributed by atoms with Crippen molar-refractivity contribution in [2.45, 2.75) is 50.6 Å². The van der Waals surface area contributed by atoms with Gasteiger partial charge in [0.25, 0.3) is 0 Å². The van der Waals surface area contributed by atoms with Gasteiger partial charge in [0.15, 0.2) is 11.5 Å². The minimum Gasteiger partial charge on any atom is -0.493 e. The molecule has 0 spiro atoms. The largest absolute Gasteiger partial charge is 0.493 e. The normalized spacial score (nSPS) is 15.6. The van der Waals surface area contributed by atoms with Crippen LogP contribution in [-0.2, 0) is 17.8 Å². The smallest absolute Gasteiger partial charge is 0.240 e. The van der Waals surface area contributed by atoms with Crippen molar-refractivity contribution in [3.63, 3.8) is 0 Å². The van der Waals surface area contributed by atoms with Gasteiger partial charge >= 0.3 is 0 Å². The molecule has 5 nitrogen and oxygen atoms in total. The Bertz CT molecular complexity index is 599. The molecule has 1 aromatic rings. The van der Waals surface area contributed by atoms with Crippen LogP contribution in [0.4, 0.5) is 0 Å². The lowest BCUT2D eigenvalue weighted by Crippen LogP contribution is -2.54. The average Bonchev–Trinajstić information content (AvgIpc) is 2.60. The minimum absolute atomic E-state index is 0. The van der Waals surface area contributed by atoms with Crippen LogP contribution < -0.4 is 20.5 Å². The van der Waals surface area contributed by atoms with Crippen LogP contribution in [-0.4, -0.2) is 25.7 Å². The molecule has 2 rings (SSSR count). The highest BCUT2D eigenvalue weighted by atomic mass is 35.5. The molecule has 0 atom stereocenters. The highest BCUT2D eigenvalue weighted by Gasteiger charge is 2.34. The third-order valence-corrected chi connectivity index (χ3v) is 4.63. The Labute approximate surface area is 156 Å². The fourth-order valence-electron chi connectivity index (χ4n) is 3.28. The molecule has 3 N–H and O–H groups in total. The molecule has 25 heavy (non-hydrogen) atoms. The number of methoxy groups -OCH3 is 2. The lowest BCUT2D eigenvalue weighted by atomic mass is 9.82. The molecule has 1 aromatic carbocycles. The fourth-order valence-corrected chi connectivity index (χ4v) is 3.28. The van der Waals surface area contributed by atoms with Gasteiger partial charge in [-0.25, -0.2) is 0 Å². The van der Waals surface area contributed by atoms with Crippen molar-refractivity contribution < 1.29 is 14.3 Å². The second kappa shape index (κ2) is 9.68. The first kappa shape index (κ1) is 21.3. The first-order valence-corrected chi connectivity index (χ1v) is 8.46. The van der Waals surface area contributed by atoms with E-state index >= 15 is 0 Å². The SMILES string of the molecule is C=CCc1cc(CNC(=O)C2(N)CCCCC2)cc(OC)c1OC.Cl. The van der Waals surface area contributed by atoms with Crippen LogP contribution in [0.2, 0.25) is 0 Å². The van der Waals surface area contributed by atoms with Gasteiger partial charge in [-0.05, 0) is 37.0 Å². The standard InChI is InChI=1S/C19H28N2O3.ClH/c1-4-8-15-11-14(12-16(23-2)17(15)24-3)13-21-18(22)19(20)9-6-5-7-10-19;/h4,11-12H,1,5-10,13,20H2,2-3H3,(H,21,22);1H. The summed E-state index contributed by atoms with van der Waals surface area (Å²) < 4.78 is 10.8. The second-order valence-corrected chi connectivity index (χ2v) is 6.38. The van der Waals surface area contributed by atoms with Crippen molar-refractivity contribution in [1.29, 1.82) is 0 Å². The van der Waals surface area contributed by atoms with Gasteiger partial charge in [0.1, 0.15) is 0 Å². The van der Waals surface area contributed by atoms with E-state index in [0.29, 0.717) is 24.5 Å². The Kier molecular flexibility index (Phi) is 8.26. The number of carbonyl (C=O) groups is 1. The average molecular weight is 369 g/mol. The summed E-state index contributed by atoms with van der Waals surface area (Å²) in [5.41, 5.74) is 7.49. The number of nitrogens with one attached hydrogen (secondary N) is 1. The van der Waals surface area contributed by atoms with Gasteiger partial charge in [-0.2, -0.15) is 0 Å². The number of hydrogen-bond acceptors (Lipinski definition) is 4. The molecular weight excluding hydrogens is 340 g/mol. The van der Waals surface area contributed by atoms with Crippen molar-refractivity contribution in [1.82, 2.24) is 5.32 Å². The fraction of sp³-hybridized carbons (Fsp3) is 0.526. The number of nitrogens with two attached hydrogens (primary N) is 1. The Morgan fingerprint density at radius 2 is 1.96 bits per heavy atom. The van der Waals surface area contributed by atoms with Gasteiger partial charge in [0.2, 0.25) is 5.91 Å². The summed E-state index contributed by atoms with van der Waals surface area (Å²) in [4.78, 5) is 12.5. The van der Waals surface area contributed by atoms with E-state index in [1.807, 2.05) is 18.2 Å². The van der Waals surface area contributed by atoms with E-state index in [0.717, 1.165) is 43.2 Å². The Balaban J connectivity index is 0.00000312. The van der Waals surface area contributed by atoms with Gasteiger partial charge in [0, 0.05) is 12.1 Å². The number of amides is 1. The van der Waals surface area contributed by atoms with Gasteiger partial charge < -0.3 is 20.5 Å². The number of allylic oxidation sites excluding steroid dienone is 1. The van der Waals surface area contributed by atoms with Crippen LogP contribution in [0.1, 0.15) is 43.2 Å². The second-order valence-electron chi connectivity index (χ2n) is 6.38. The molecule has 1 fully saturated rings. The number of rotatable bonds is 7. The molecule has 0 radical (unpaired) electrons. The maximum atomic E-state index is 12.5. The Hall–Kier alpha value is -1.72. The summed E-state index contributed by atoms with van der Waals surface area (Å²) in [7, 11) is 3.22. The Morgan fingerprint density at radius 1 is 1.28 bits per heavy atom. The van der Waals surface area contributed by atoms with Crippen LogP contribution in [0.25, 0.3) is 0 Å². The molecule has 0 aliphatic heterocycles. The molecule has 0 unspecified atom stereocenters. The number of halogens is 1. The highest BCUT2D eigenvalue weighted by molar-refractivity contribution is 5.86. The monoisotopic (exact) mass is 368 g/mol. The van der Waals surface area contributed by atoms with E-state index in [9.17, 15) is 4.79 Å². The van der Waals surface area contributed by atoms with Crippen LogP contribution >= 0.6 is 12.4 Å². The number of hydrogen-bond donors (Lipinski definition) is 2. The molecular formula is C19H29ClN2O3. The lowest BCUT2D eigenvalue weighted by molar-refractivity contribution is -0.127. The first-order valence-electron chi connectivity index (χ1n) is 8.46. The van der Waals surface area contributed by atoms with Gasteiger partial charge in [0.05, 0.1) is 19.8 Å². The molecule has 1 saturated carbocycles. The molecule has 0 bridgehead atoms. The van der Waals surface area contributed by atoms with Crippen LogP contribution in [0.15, 0.2) is 24.8 Å². The van der Waals surface area contributed by atoms with E-state index in [4.69, 9.17) is 15.2 Å². The zero-order chi connectivity index (χ0) is 17.6. The van der Waals surface area contributed by atoms with E-state index in [1.165, 1.54) is 0 Å². The molecule has 6 heteroatoms. The first-order chi connectivity index (χ1) is 11.5. The third kappa shape index (κ3) is 5.13. The predicted octanol–water partition coefficient (Wildman–Crippen LogP) is 3.13. The summed E-state index contributed by atoms with van der Waals surface area (Å²) in [6, 6.07) is 3.89. The van der Waals surface area contributed by atoms with E-state index in [1.54, 1.807) is 14.2 Å². The number of ether oxygens (including phenoxy) is 2. The van der Waals surface area contributed by atoms with Gasteiger partial charge in [-0.1, -0.05) is 25.3 Å². The van der Waals surface area contributed by atoms with Crippen molar-refractivity contribution >= 4 is 18.3 Å². The zero-order valence-corrected chi connectivity index (χ0v) is 15.9. The van der Waals surface area contributed by atoms with E-state index < -0.39 is 5.54 Å². The van der Waals surface area contributed by atoms with Crippen molar-refractivity contribution in [2.24, 2.45) is 5.73 Å². The Morgan fingerprint density at radius 3 is 2.52 bits per heavy atom. The third-order valence-electron chi connectivity index (χ3n) is 4.63. The summed E-state index contributed by atoms with van der Waals surface area (Å²) in [6.07, 6.45) is 7.19. The topological polar surface area (TPSA) is 73.6 Å². The molecule has 0 heterocycles. The van der Waals surface area contributed by atoms with Crippen molar-refractivity contribution in [2.75, 3.05) is 14.2 Å². The van der Waals surface area contributed by atoms with E-state index in [-0.39, 0.29) is 18.3 Å². The lowest BCUT2D eigenvalue weighted by Gasteiger charge is -2.31. The summed E-state index contributed by atoms with van der Waals surface area (Å²) in [5.74, 6) is 1.29. The molecule has 1 amide bonds. The summed E-state index contributed by atoms with van der Waals surface area (Å²) in [6.45, 7) is 4.20. The predicted molar refractivity (Wildman–Crippen MR) is 103 cm³/mol. The molecule has 0 saturated heterocycles. The zero-order valence-electron chi connectivity index (χ0n) is 15.1. The van der Waals surface area contributed by atoms with Crippen molar-refractivity contribution in [3.8, 4) is 11.5 Å². The van der Waals surface area contributed by atoms with Crippen LogP contribution in [0.5, 0.6) is 11.5 Å². The maximum Gasteiger partial charge on any atom is 0.240 e. The number of benzene rings is 1. The van der Waals surface area contributed by atoms with Gasteiger partial charge in [-0.3, -0.25) is 4.79 Å². The molecule has 0 aromatic heterocycles. The summed E-state index contributed by atoms with van der Waals surface area (Å²) >= 11 is 0. The van der Waals surface area contributed by atoms with E-state index in [2.05, 4.69) is 11.9 Å². The van der Waals surface area contributed by atoms with Crippen LogP contribution in [0, 0.1) is 0 Å². The van der Waals surface area contributed by atoms with Gasteiger partial charge in [-0.15, -0.1) is 19.0 Å². The maximum absolute atomic E-state index is 12.5. The van der Waals surface area contributed by atoms with Crippen molar-refractivity contribution in [3.05, 3.63) is 35.9 Å². The highest BCUT2D eigenvalue weighted by Crippen LogP contribution is 2.33. The minimum atomic E-state index is -0.723. The summed E-state index contributed by atoms with van der Waals surface area (Å²) in [5, 5.41) is 2.98. The van der Waals surface area contributed by atoms with Crippen LogP contribution in [0.3, 0.4) is 0 Å². The number of carbonyl (C=O) groups excluding carboxylic acids is 1. The molecule has 140 valence electrons. The quantitative estimate of drug-likeness (QED) is 0.725.